The molecule has 1 aromatic carbocycles. The van der Waals surface area contributed by atoms with Crippen molar-refractivity contribution in [3.8, 4) is 6.07 Å². The number of nitrogens with zero attached hydrogens (tertiary/aromatic N) is 6. The number of anilines is 4. The minimum Gasteiger partial charge on any atom is -0.358 e. The highest BCUT2D eigenvalue weighted by Crippen LogP contribution is 2.30. The van der Waals surface area contributed by atoms with Gasteiger partial charge in [0.15, 0.2) is 11.6 Å². The Bertz CT molecular complexity index is 1080. The number of hydroxylamine groups is 1. The van der Waals surface area contributed by atoms with E-state index in [2.05, 4.69) is 47.6 Å². The molecule has 0 saturated carbocycles. The maximum Gasteiger partial charge on any atom is 0.274 e. The lowest BCUT2D eigenvalue weighted by Crippen LogP contribution is -2.32. The van der Waals surface area contributed by atoms with Crippen LogP contribution in [0.5, 0.6) is 0 Å². The summed E-state index contributed by atoms with van der Waals surface area (Å²) in [5, 5.41) is 13.4. The summed E-state index contributed by atoms with van der Waals surface area (Å²) in [6.07, 6.45) is 0.987. The Morgan fingerprint density at radius 1 is 1.22 bits per heavy atom. The van der Waals surface area contributed by atoms with Crippen LogP contribution >= 0.6 is 0 Å². The summed E-state index contributed by atoms with van der Waals surface area (Å²) < 4.78 is 0. The molecule has 1 aliphatic heterocycles. The fraction of sp³-hybridized carbons (Fsp3) is 0.556. The van der Waals surface area contributed by atoms with E-state index in [-0.39, 0.29) is 5.91 Å². The third-order valence-electron chi connectivity index (χ3n) is 5.94. The van der Waals surface area contributed by atoms with Crippen LogP contribution in [0.1, 0.15) is 55.6 Å². The van der Waals surface area contributed by atoms with Crippen molar-refractivity contribution in [2.24, 2.45) is 5.92 Å². The average Bonchev–Trinajstić information content (AvgIpc) is 3.10. The van der Waals surface area contributed by atoms with Crippen LogP contribution in [0, 0.1) is 24.2 Å². The van der Waals surface area contributed by atoms with Crippen molar-refractivity contribution < 1.29 is 9.63 Å². The Hall–Kier alpha value is -3.42. The minimum atomic E-state index is -0.344. The number of carbonyl (C=O) groups excluding carboxylic acids is 1. The molecule has 3 rings (SSSR count). The van der Waals surface area contributed by atoms with E-state index < -0.39 is 0 Å². The molecule has 2 aromatic rings. The highest BCUT2D eigenvalue weighted by molar-refractivity contribution is 5.94. The van der Waals surface area contributed by atoms with E-state index in [9.17, 15) is 10.1 Å². The van der Waals surface area contributed by atoms with Crippen LogP contribution in [0.15, 0.2) is 18.2 Å². The van der Waals surface area contributed by atoms with Crippen molar-refractivity contribution in [2.75, 3.05) is 69.0 Å². The van der Waals surface area contributed by atoms with Crippen molar-refractivity contribution >= 4 is 29.2 Å². The summed E-state index contributed by atoms with van der Waals surface area (Å²) in [6.45, 7) is 14.5. The molecular weight excluding hydrogens is 468 g/mol. The highest BCUT2D eigenvalue weighted by Gasteiger charge is 2.24. The van der Waals surface area contributed by atoms with E-state index in [4.69, 9.17) is 14.8 Å². The smallest absolute Gasteiger partial charge is 0.274 e. The Kier molecular flexibility index (Phi) is 11.6. The van der Waals surface area contributed by atoms with Crippen LogP contribution in [0.25, 0.3) is 0 Å². The second-order valence-corrected chi connectivity index (χ2v) is 9.39. The first kappa shape index (κ1) is 29.8. The number of benzene rings is 1. The number of nitrogens with one attached hydrogen (secondary N) is 2. The van der Waals surface area contributed by atoms with E-state index in [0.717, 1.165) is 44.7 Å². The Morgan fingerprint density at radius 2 is 1.95 bits per heavy atom. The molecule has 1 fully saturated rings. The molecule has 0 atom stereocenters. The van der Waals surface area contributed by atoms with Gasteiger partial charge in [0, 0.05) is 44.5 Å². The first-order valence-corrected chi connectivity index (χ1v) is 12.9. The lowest BCUT2D eigenvalue weighted by Gasteiger charge is -2.27. The lowest BCUT2D eigenvalue weighted by molar-refractivity contribution is 0.0537. The second-order valence-electron chi connectivity index (χ2n) is 9.39. The van der Waals surface area contributed by atoms with Crippen LogP contribution in [0.2, 0.25) is 0 Å². The highest BCUT2D eigenvalue weighted by atomic mass is 16.6. The number of amides is 1. The molecule has 1 amide bonds. The van der Waals surface area contributed by atoms with Gasteiger partial charge < -0.3 is 20.0 Å². The van der Waals surface area contributed by atoms with E-state index in [0.29, 0.717) is 40.3 Å². The average molecular weight is 511 g/mol. The predicted octanol–water partition coefficient (Wildman–Crippen LogP) is 3.95. The van der Waals surface area contributed by atoms with Gasteiger partial charge in [0.1, 0.15) is 11.6 Å². The van der Waals surface area contributed by atoms with E-state index in [1.54, 1.807) is 12.1 Å². The third-order valence-corrected chi connectivity index (χ3v) is 5.94. The van der Waals surface area contributed by atoms with Crippen LogP contribution in [0.3, 0.4) is 0 Å². The quantitative estimate of drug-likeness (QED) is 0.510. The Balaban J connectivity index is 0.00000235. The number of hydrogen-bond donors (Lipinski definition) is 2. The SMILES string of the molecule is CC.CONC(=O)c1ccc(C)c(Nc2nc(N(C)CC(C)C)c(C#N)c(N3CCCN(C)CC3)n2)c1. The maximum atomic E-state index is 12.3. The molecule has 1 saturated heterocycles. The van der Waals surface area contributed by atoms with E-state index in [1.165, 1.54) is 7.11 Å². The van der Waals surface area contributed by atoms with Crippen LogP contribution in [0.4, 0.5) is 23.3 Å². The molecule has 0 bridgehead atoms. The molecule has 2 heterocycles. The summed E-state index contributed by atoms with van der Waals surface area (Å²) >= 11 is 0. The lowest BCUT2D eigenvalue weighted by atomic mass is 10.1. The Labute approximate surface area is 221 Å². The van der Waals surface area contributed by atoms with Gasteiger partial charge in [-0.05, 0) is 50.6 Å². The van der Waals surface area contributed by atoms with Gasteiger partial charge in [-0.15, -0.1) is 0 Å². The Morgan fingerprint density at radius 3 is 2.59 bits per heavy atom. The van der Waals surface area contributed by atoms with Gasteiger partial charge in [-0.2, -0.15) is 15.2 Å². The molecule has 0 radical (unpaired) electrons. The maximum absolute atomic E-state index is 12.3. The molecule has 2 N–H and O–H groups in total. The van der Waals surface area contributed by atoms with Gasteiger partial charge in [0.05, 0.1) is 7.11 Å². The zero-order chi connectivity index (χ0) is 27.5. The first-order valence-electron chi connectivity index (χ1n) is 12.9. The summed E-state index contributed by atoms with van der Waals surface area (Å²) in [5.41, 5.74) is 4.90. The normalized spacial score (nSPS) is 13.8. The summed E-state index contributed by atoms with van der Waals surface area (Å²) in [4.78, 5) is 33.1. The second kappa shape index (κ2) is 14.4. The minimum absolute atomic E-state index is 0.344. The molecule has 37 heavy (non-hydrogen) atoms. The molecule has 1 aliphatic rings. The van der Waals surface area contributed by atoms with Crippen molar-refractivity contribution in [2.45, 2.75) is 41.0 Å². The van der Waals surface area contributed by atoms with Crippen LogP contribution < -0.4 is 20.6 Å². The van der Waals surface area contributed by atoms with Crippen molar-refractivity contribution in [1.82, 2.24) is 20.3 Å². The fourth-order valence-electron chi connectivity index (χ4n) is 4.16. The number of aromatic nitrogens is 2. The van der Waals surface area contributed by atoms with Gasteiger partial charge in [-0.3, -0.25) is 9.63 Å². The van der Waals surface area contributed by atoms with Gasteiger partial charge in [-0.1, -0.05) is 33.8 Å². The van der Waals surface area contributed by atoms with Crippen LogP contribution in [-0.2, 0) is 4.84 Å². The topological polar surface area (TPSA) is 110 Å². The summed E-state index contributed by atoms with van der Waals surface area (Å²) in [6, 6.07) is 7.70. The van der Waals surface area contributed by atoms with Crippen molar-refractivity contribution in [3.63, 3.8) is 0 Å². The van der Waals surface area contributed by atoms with E-state index >= 15 is 0 Å². The standard InChI is InChI=1S/C25H36N8O2.C2H6/c1-17(2)16-32(5)22-20(15-26)23(33-11-7-10-31(4)12-13-33)29-25(28-22)27-21-14-19(9-8-18(21)3)24(34)30-35-6;1-2/h8-9,14,17H,7,10-13,16H2,1-6H3,(H,30,34)(H,27,28,29);1-2H3. The number of hydrogen-bond acceptors (Lipinski definition) is 9. The number of aryl methyl sites for hydroxylation is 1. The van der Waals surface area contributed by atoms with Gasteiger partial charge in [0.2, 0.25) is 5.95 Å². The zero-order valence-electron chi connectivity index (χ0n) is 23.6. The number of nitriles is 1. The van der Waals surface area contributed by atoms with Crippen LogP contribution in [-0.4, -0.2) is 74.7 Å². The molecule has 10 nitrogen and oxygen atoms in total. The van der Waals surface area contributed by atoms with Gasteiger partial charge in [0.25, 0.3) is 5.91 Å². The zero-order valence-corrected chi connectivity index (χ0v) is 23.6. The molecule has 1 aromatic heterocycles. The van der Waals surface area contributed by atoms with Crippen molar-refractivity contribution in [3.05, 3.63) is 34.9 Å². The van der Waals surface area contributed by atoms with Crippen molar-refractivity contribution in [1.29, 1.82) is 5.26 Å². The summed E-state index contributed by atoms with van der Waals surface area (Å²) in [5.74, 6) is 1.66. The number of likely N-dealkylation sites (N-methyl/N-ethyl adjacent to an activating group) is 1. The molecule has 0 unspecified atom stereocenters. The molecule has 0 aliphatic carbocycles. The molecular formula is C27H42N8O2. The number of rotatable bonds is 8. The first-order chi connectivity index (χ1) is 17.7. The predicted molar refractivity (Wildman–Crippen MR) is 149 cm³/mol. The fourth-order valence-corrected chi connectivity index (χ4v) is 4.16. The summed E-state index contributed by atoms with van der Waals surface area (Å²) in [7, 11) is 5.46. The molecule has 202 valence electrons. The van der Waals surface area contributed by atoms with Gasteiger partial charge >= 0.3 is 0 Å². The van der Waals surface area contributed by atoms with Gasteiger partial charge in [-0.25, -0.2) is 5.48 Å². The molecule has 0 spiro atoms. The monoisotopic (exact) mass is 510 g/mol. The third kappa shape index (κ3) is 8.03. The number of carbonyl (C=O) groups is 1. The largest absolute Gasteiger partial charge is 0.358 e. The molecule has 10 heteroatoms. The van der Waals surface area contributed by atoms with E-state index in [1.807, 2.05) is 38.8 Å².